The summed E-state index contributed by atoms with van der Waals surface area (Å²) in [6, 6.07) is 7.95. The van der Waals surface area contributed by atoms with Crippen LogP contribution in [0.3, 0.4) is 0 Å². The average molecular weight is 467 g/mol. The third-order valence-electron chi connectivity index (χ3n) is 5.05. The molecule has 1 aliphatic rings. The number of aliphatic hydroxyl groups is 1. The smallest absolute Gasteiger partial charge is 0.416 e. The molecule has 1 N–H and O–H groups in total. The summed E-state index contributed by atoms with van der Waals surface area (Å²) in [4.78, 5) is 26.6. The average Bonchev–Trinajstić information content (AvgIpc) is 2.97. The van der Waals surface area contributed by atoms with Crippen LogP contribution in [-0.4, -0.2) is 31.5 Å². The standard InChI is InChI=1S/C22H20F3NO5S/c1-12(2)19(27)17-18(13-6-4-7-14(10-13)22(23,24)25)26(21(29)20(17)28)15-8-5-9-16(11-15)32(3,30)31/h4-12,18,28H,1-3H3. The topological polar surface area (TPSA) is 91.8 Å². The van der Waals surface area contributed by atoms with Gasteiger partial charge in [-0.1, -0.05) is 32.0 Å². The predicted molar refractivity (Wildman–Crippen MR) is 111 cm³/mol. The fourth-order valence-electron chi connectivity index (χ4n) is 3.50. The van der Waals surface area contributed by atoms with Gasteiger partial charge < -0.3 is 5.11 Å². The highest BCUT2D eigenvalue weighted by Crippen LogP contribution is 2.43. The quantitative estimate of drug-likeness (QED) is 0.711. The number of amides is 1. The van der Waals surface area contributed by atoms with Gasteiger partial charge in [0, 0.05) is 17.9 Å². The molecule has 1 aliphatic heterocycles. The van der Waals surface area contributed by atoms with Gasteiger partial charge in [-0.2, -0.15) is 13.2 Å². The Balaban J connectivity index is 2.26. The number of alkyl halides is 3. The van der Waals surface area contributed by atoms with Crippen LogP contribution in [0.2, 0.25) is 0 Å². The Morgan fingerprint density at radius 1 is 1.09 bits per heavy atom. The van der Waals surface area contributed by atoms with E-state index in [9.17, 15) is 36.3 Å². The number of Topliss-reactive ketones (excluding diaryl/α,β-unsaturated/α-hetero) is 1. The maximum atomic E-state index is 13.3. The van der Waals surface area contributed by atoms with Crippen LogP contribution < -0.4 is 4.90 Å². The van der Waals surface area contributed by atoms with Crippen LogP contribution in [0, 0.1) is 5.92 Å². The second-order valence-electron chi connectivity index (χ2n) is 7.75. The Labute approximate surface area is 182 Å². The molecule has 0 saturated carbocycles. The Hall–Kier alpha value is -3.14. The Kier molecular flexibility index (Phi) is 5.94. The SMILES string of the molecule is CC(C)C(=O)C1=C(O)C(=O)N(c2cccc(S(C)(=O)=O)c2)C1c1cccc(C(F)(F)F)c1. The zero-order valence-corrected chi connectivity index (χ0v) is 18.2. The van der Waals surface area contributed by atoms with Gasteiger partial charge in [-0.05, 0) is 35.9 Å². The van der Waals surface area contributed by atoms with E-state index in [2.05, 4.69) is 0 Å². The fourth-order valence-corrected chi connectivity index (χ4v) is 4.16. The molecule has 0 spiro atoms. The van der Waals surface area contributed by atoms with Gasteiger partial charge in [-0.25, -0.2) is 8.42 Å². The zero-order chi connectivity index (χ0) is 24.0. The minimum Gasteiger partial charge on any atom is -0.503 e. The van der Waals surface area contributed by atoms with Gasteiger partial charge in [-0.3, -0.25) is 14.5 Å². The Bertz CT molecular complexity index is 1230. The summed E-state index contributed by atoms with van der Waals surface area (Å²) >= 11 is 0. The monoisotopic (exact) mass is 467 g/mol. The lowest BCUT2D eigenvalue weighted by molar-refractivity contribution is -0.137. The van der Waals surface area contributed by atoms with Crippen LogP contribution in [0.4, 0.5) is 18.9 Å². The van der Waals surface area contributed by atoms with Crippen molar-refractivity contribution in [1.82, 2.24) is 0 Å². The lowest BCUT2D eigenvalue weighted by atomic mass is 9.90. The summed E-state index contributed by atoms with van der Waals surface area (Å²) in [6.45, 7) is 3.06. The van der Waals surface area contributed by atoms with E-state index in [-0.39, 0.29) is 21.7 Å². The van der Waals surface area contributed by atoms with E-state index in [1.807, 2.05) is 0 Å². The van der Waals surface area contributed by atoms with Gasteiger partial charge in [0.05, 0.1) is 22.1 Å². The molecule has 6 nitrogen and oxygen atoms in total. The summed E-state index contributed by atoms with van der Waals surface area (Å²) in [7, 11) is -3.67. The lowest BCUT2D eigenvalue weighted by Gasteiger charge is -2.28. The highest BCUT2D eigenvalue weighted by atomic mass is 32.2. The van der Waals surface area contributed by atoms with Crippen LogP contribution in [0.5, 0.6) is 0 Å². The highest BCUT2D eigenvalue weighted by molar-refractivity contribution is 7.90. The molecular formula is C22H20F3NO5S. The third-order valence-corrected chi connectivity index (χ3v) is 6.16. The van der Waals surface area contributed by atoms with E-state index < -0.39 is 51.0 Å². The number of aliphatic hydroxyl groups excluding tert-OH is 1. The van der Waals surface area contributed by atoms with Gasteiger partial charge in [0.25, 0.3) is 5.91 Å². The van der Waals surface area contributed by atoms with Crippen molar-refractivity contribution in [2.75, 3.05) is 11.2 Å². The molecule has 32 heavy (non-hydrogen) atoms. The van der Waals surface area contributed by atoms with Crippen LogP contribution in [0.1, 0.15) is 31.0 Å². The van der Waals surface area contributed by atoms with E-state index in [1.54, 1.807) is 0 Å². The number of benzene rings is 2. The number of hydrogen-bond acceptors (Lipinski definition) is 5. The number of carbonyl (C=O) groups is 2. The molecule has 0 radical (unpaired) electrons. The molecule has 0 fully saturated rings. The molecule has 1 unspecified atom stereocenters. The van der Waals surface area contributed by atoms with Crippen molar-refractivity contribution in [3.8, 4) is 0 Å². The molecule has 170 valence electrons. The van der Waals surface area contributed by atoms with Crippen molar-refractivity contribution in [3.63, 3.8) is 0 Å². The summed E-state index contributed by atoms with van der Waals surface area (Å²) in [5.41, 5.74) is -1.37. The first kappa shape index (κ1) is 23.5. The molecule has 1 heterocycles. The largest absolute Gasteiger partial charge is 0.503 e. The van der Waals surface area contributed by atoms with E-state index >= 15 is 0 Å². The molecule has 2 aromatic carbocycles. The van der Waals surface area contributed by atoms with E-state index in [0.717, 1.165) is 29.4 Å². The van der Waals surface area contributed by atoms with Gasteiger partial charge in [-0.15, -0.1) is 0 Å². The van der Waals surface area contributed by atoms with Crippen LogP contribution in [-0.2, 0) is 25.6 Å². The molecule has 0 aromatic heterocycles. The van der Waals surface area contributed by atoms with Gasteiger partial charge >= 0.3 is 6.18 Å². The second kappa shape index (κ2) is 8.09. The lowest BCUT2D eigenvalue weighted by Crippen LogP contribution is -2.31. The van der Waals surface area contributed by atoms with E-state index in [4.69, 9.17) is 0 Å². The van der Waals surface area contributed by atoms with Crippen molar-refractivity contribution in [2.45, 2.75) is 31.0 Å². The molecule has 0 bridgehead atoms. The summed E-state index contributed by atoms with van der Waals surface area (Å²) in [5.74, 6) is -3.16. The number of anilines is 1. The molecule has 3 rings (SSSR count). The summed E-state index contributed by atoms with van der Waals surface area (Å²) in [6.07, 6.45) is -3.71. The Morgan fingerprint density at radius 3 is 2.28 bits per heavy atom. The number of nitrogens with zero attached hydrogens (tertiary/aromatic N) is 1. The molecule has 1 atom stereocenters. The normalized spacial score (nSPS) is 17.4. The molecule has 0 aliphatic carbocycles. The minimum atomic E-state index is -4.67. The number of halogens is 3. The second-order valence-corrected chi connectivity index (χ2v) is 9.77. The van der Waals surface area contributed by atoms with Crippen molar-refractivity contribution in [2.24, 2.45) is 5.92 Å². The van der Waals surface area contributed by atoms with Crippen LogP contribution in [0.25, 0.3) is 0 Å². The number of ketones is 1. The van der Waals surface area contributed by atoms with E-state index in [1.165, 1.54) is 44.2 Å². The first-order valence-electron chi connectivity index (χ1n) is 9.51. The molecule has 2 aromatic rings. The maximum absolute atomic E-state index is 13.3. The van der Waals surface area contributed by atoms with Gasteiger partial charge in [0.15, 0.2) is 21.4 Å². The zero-order valence-electron chi connectivity index (χ0n) is 17.3. The van der Waals surface area contributed by atoms with Gasteiger partial charge in [0.1, 0.15) is 0 Å². The first-order chi connectivity index (χ1) is 14.7. The predicted octanol–water partition coefficient (Wildman–Crippen LogP) is 4.23. The molecule has 0 saturated heterocycles. The summed E-state index contributed by atoms with van der Waals surface area (Å²) < 4.78 is 63.9. The number of sulfone groups is 1. The van der Waals surface area contributed by atoms with Crippen molar-refractivity contribution in [1.29, 1.82) is 0 Å². The minimum absolute atomic E-state index is 0.0124. The first-order valence-corrected chi connectivity index (χ1v) is 11.4. The van der Waals surface area contributed by atoms with Crippen molar-refractivity contribution in [3.05, 3.63) is 71.0 Å². The molecule has 10 heteroatoms. The van der Waals surface area contributed by atoms with Crippen molar-refractivity contribution >= 4 is 27.2 Å². The number of rotatable bonds is 5. The molecular weight excluding hydrogens is 447 g/mol. The molecule has 1 amide bonds. The number of hydrogen-bond donors (Lipinski definition) is 1. The van der Waals surface area contributed by atoms with Gasteiger partial charge in [0.2, 0.25) is 0 Å². The fraction of sp³-hybridized carbons (Fsp3) is 0.273. The van der Waals surface area contributed by atoms with Crippen LogP contribution >= 0.6 is 0 Å². The van der Waals surface area contributed by atoms with E-state index in [0.29, 0.717) is 0 Å². The number of carbonyl (C=O) groups excluding carboxylic acids is 2. The maximum Gasteiger partial charge on any atom is 0.416 e. The summed E-state index contributed by atoms with van der Waals surface area (Å²) in [5, 5.41) is 10.5. The Morgan fingerprint density at radius 2 is 1.72 bits per heavy atom. The highest BCUT2D eigenvalue weighted by Gasteiger charge is 2.45. The van der Waals surface area contributed by atoms with Crippen molar-refractivity contribution < 1.29 is 36.3 Å². The van der Waals surface area contributed by atoms with Crippen LogP contribution in [0.15, 0.2) is 64.8 Å². The third kappa shape index (κ3) is 4.27.